The fraction of sp³-hybridized carbons (Fsp3) is 0.478. The van der Waals surface area contributed by atoms with Gasteiger partial charge in [0.2, 0.25) is 0 Å². The monoisotopic (exact) mass is 378 g/mol. The Kier molecular flexibility index (Phi) is 6.22. The first-order valence-electron chi connectivity index (χ1n) is 10.6. The summed E-state index contributed by atoms with van der Waals surface area (Å²) in [6.07, 6.45) is 6.49. The molecular weight excluding hydrogens is 348 g/mol. The van der Waals surface area contributed by atoms with E-state index in [1.807, 2.05) is 17.0 Å². The maximum atomic E-state index is 12.9. The molecule has 2 aliphatic heterocycles. The van der Waals surface area contributed by atoms with Gasteiger partial charge >= 0.3 is 0 Å². The quantitative estimate of drug-likeness (QED) is 0.817. The van der Waals surface area contributed by atoms with Crippen molar-refractivity contribution in [2.75, 3.05) is 44.2 Å². The zero-order chi connectivity index (χ0) is 19.2. The van der Waals surface area contributed by atoms with E-state index in [1.54, 1.807) is 6.20 Å². The maximum absolute atomic E-state index is 12.9. The molecule has 1 aromatic carbocycles. The summed E-state index contributed by atoms with van der Waals surface area (Å²) in [5.74, 6) is 1.09. The second-order valence-electron chi connectivity index (χ2n) is 7.86. The van der Waals surface area contributed by atoms with Crippen LogP contribution in [0.3, 0.4) is 0 Å². The Morgan fingerprint density at radius 2 is 1.57 bits per heavy atom. The maximum Gasteiger partial charge on any atom is 0.254 e. The molecule has 28 heavy (non-hydrogen) atoms. The van der Waals surface area contributed by atoms with Gasteiger partial charge in [-0.05, 0) is 30.5 Å². The van der Waals surface area contributed by atoms with E-state index >= 15 is 0 Å². The summed E-state index contributed by atoms with van der Waals surface area (Å²) >= 11 is 0. The Hall–Kier alpha value is -2.40. The summed E-state index contributed by atoms with van der Waals surface area (Å²) in [6, 6.07) is 14.5. The number of hydrogen-bond acceptors (Lipinski definition) is 4. The molecule has 0 unspecified atom stereocenters. The Balaban J connectivity index is 1.36. The number of piperazine rings is 1. The zero-order valence-electron chi connectivity index (χ0n) is 16.6. The van der Waals surface area contributed by atoms with Crippen LogP contribution < -0.4 is 4.90 Å². The van der Waals surface area contributed by atoms with Gasteiger partial charge in [0.15, 0.2) is 0 Å². The number of carbonyl (C=O) groups excluding carboxylic acids is 1. The molecule has 148 valence electrons. The predicted molar refractivity (Wildman–Crippen MR) is 113 cm³/mol. The van der Waals surface area contributed by atoms with Gasteiger partial charge in [-0.15, -0.1) is 0 Å². The minimum Gasteiger partial charge on any atom is -0.354 e. The Morgan fingerprint density at radius 1 is 0.857 bits per heavy atom. The lowest BCUT2D eigenvalue weighted by molar-refractivity contribution is 0.0761. The third kappa shape index (κ3) is 4.71. The first-order valence-corrected chi connectivity index (χ1v) is 10.6. The minimum absolute atomic E-state index is 0.160. The Bertz CT molecular complexity index is 763. The molecule has 1 aromatic heterocycles. The highest BCUT2D eigenvalue weighted by atomic mass is 16.2. The number of amides is 1. The average Bonchev–Trinajstić information content (AvgIpc) is 3.04. The normalized spacial score (nSPS) is 18.7. The molecule has 2 aromatic rings. The highest BCUT2D eigenvalue weighted by molar-refractivity contribution is 5.94. The van der Waals surface area contributed by atoms with Crippen LogP contribution in [0, 0.1) is 0 Å². The lowest BCUT2D eigenvalue weighted by Crippen LogP contribution is -2.46. The van der Waals surface area contributed by atoms with Gasteiger partial charge in [-0.25, -0.2) is 4.98 Å². The molecule has 2 fully saturated rings. The molecule has 5 heteroatoms. The molecule has 4 rings (SSSR count). The van der Waals surface area contributed by atoms with E-state index in [4.69, 9.17) is 0 Å². The van der Waals surface area contributed by atoms with Crippen molar-refractivity contribution < 1.29 is 4.79 Å². The van der Waals surface area contributed by atoms with Crippen LogP contribution in [0.25, 0.3) is 0 Å². The number of benzene rings is 1. The van der Waals surface area contributed by atoms with Gasteiger partial charge in [-0.3, -0.25) is 9.69 Å². The smallest absolute Gasteiger partial charge is 0.254 e. The molecule has 2 aliphatic rings. The predicted octanol–water partition coefficient (Wildman–Crippen LogP) is 3.42. The van der Waals surface area contributed by atoms with Crippen LogP contribution in [-0.2, 0) is 6.54 Å². The molecule has 0 N–H and O–H groups in total. The molecule has 3 heterocycles. The summed E-state index contributed by atoms with van der Waals surface area (Å²) in [6.45, 7) is 6.68. The van der Waals surface area contributed by atoms with Gasteiger partial charge in [-0.1, -0.05) is 43.2 Å². The molecular formula is C23H30N4O. The van der Waals surface area contributed by atoms with Crippen molar-refractivity contribution >= 4 is 11.7 Å². The van der Waals surface area contributed by atoms with E-state index in [0.29, 0.717) is 0 Å². The van der Waals surface area contributed by atoms with Gasteiger partial charge < -0.3 is 9.80 Å². The molecule has 0 bridgehead atoms. The standard InChI is InChI=1S/C23H30N4O/c28-23(27-12-6-1-2-7-13-27)21-10-11-24-22(18-21)26-16-14-25(15-17-26)19-20-8-4-3-5-9-20/h3-5,8-11,18H,1-2,6-7,12-17,19H2. The number of aromatic nitrogens is 1. The number of rotatable bonds is 4. The van der Waals surface area contributed by atoms with Gasteiger partial charge in [0.1, 0.15) is 5.82 Å². The Labute approximate surface area is 168 Å². The third-order valence-electron chi connectivity index (χ3n) is 5.83. The fourth-order valence-electron chi connectivity index (χ4n) is 4.16. The summed E-state index contributed by atoms with van der Waals surface area (Å²) in [5.41, 5.74) is 2.14. The van der Waals surface area contributed by atoms with E-state index < -0.39 is 0 Å². The van der Waals surface area contributed by atoms with E-state index in [9.17, 15) is 4.79 Å². The van der Waals surface area contributed by atoms with Crippen LogP contribution in [0.15, 0.2) is 48.7 Å². The van der Waals surface area contributed by atoms with Crippen molar-refractivity contribution in [2.45, 2.75) is 32.2 Å². The number of carbonyl (C=O) groups is 1. The summed E-state index contributed by atoms with van der Waals surface area (Å²) in [5, 5.41) is 0. The van der Waals surface area contributed by atoms with Crippen LogP contribution in [0.4, 0.5) is 5.82 Å². The zero-order valence-corrected chi connectivity index (χ0v) is 16.6. The van der Waals surface area contributed by atoms with Gasteiger partial charge in [0, 0.05) is 57.6 Å². The summed E-state index contributed by atoms with van der Waals surface area (Å²) in [4.78, 5) is 24.3. The van der Waals surface area contributed by atoms with Crippen LogP contribution in [0.2, 0.25) is 0 Å². The largest absolute Gasteiger partial charge is 0.354 e. The highest BCUT2D eigenvalue weighted by Crippen LogP contribution is 2.19. The van der Waals surface area contributed by atoms with Crippen LogP contribution in [0.5, 0.6) is 0 Å². The topological polar surface area (TPSA) is 39.7 Å². The van der Waals surface area contributed by atoms with Gasteiger partial charge in [0.05, 0.1) is 0 Å². The number of likely N-dealkylation sites (tertiary alicyclic amines) is 1. The van der Waals surface area contributed by atoms with E-state index in [0.717, 1.165) is 70.0 Å². The van der Waals surface area contributed by atoms with E-state index in [2.05, 4.69) is 45.1 Å². The molecule has 0 spiro atoms. The lowest BCUT2D eigenvalue weighted by atomic mass is 10.2. The molecule has 2 saturated heterocycles. The summed E-state index contributed by atoms with van der Waals surface area (Å²) in [7, 11) is 0. The van der Waals surface area contributed by atoms with Crippen molar-refractivity contribution in [1.82, 2.24) is 14.8 Å². The average molecular weight is 379 g/mol. The molecule has 0 radical (unpaired) electrons. The highest BCUT2D eigenvalue weighted by Gasteiger charge is 2.21. The van der Waals surface area contributed by atoms with Gasteiger partial charge in [-0.2, -0.15) is 0 Å². The fourth-order valence-corrected chi connectivity index (χ4v) is 4.16. The van der Waals surface area contributed by atoms with Crippen molar-refractivity contribution in [3.8, 4) is 0 Å². The second-order valence-corrected chi connectivity index (χ2v) is 7.86. The van der Waals surface area contributed by atoms with E-state index in [-0.39, 0.29) is 5.91 Å². The van der Waals surface area contributed by atoms with Gasteiger partial charge in [0.25, 0.3) is 5.91 Å². The molecule has 0 saturated carbocycles. The first kappa shape index (κ1) is 18.9. The molecule has 0 atom stereocenters. The van der Waals surface area contributed by atoms with Crippen molar-refractivity contribution in [2.24, 2.45) is 0 Å². The SMILES string of the molecule is O=C(c1ccnc(N2CCN(Cc3ccccc3)CC2)c1)N1CCCCCC1. The number of nitrogens with zero attached hydrogens (tertiary/aromatic N) is 4. The van der Waals surface area contributed by atoms with Crippen molar-refractivity contribution in [1.29, 1.82) is 0 Å². The third-order valence-corrected chi connectivity index (χ3v) is 5.83. The second kappa shape index (κ2) is 9.20. The van der Waals surface area contributed by atoms with E-state index in [1.165, 1.54) is 18.4 Å². The molecule has 0 aliphatic carbocycles. The minimum atomic E-state index is 0.160. The van der Waals surface area contributed by atoms with Crippen molar-refractivity contribution in [3.63, 3.8) is 0 Å². The lowest BCUT2D eigenvalue weighted by Gasteiger charge is -2.35. The summed E-state index contributed by atoms with van der Waals surface area (Å²) < 4.78 is 0. The molecule has 1 amide bonds. The van der Waals surface area contributed by atoms with Crippen LogP contribution >= 0.6 is 0 Å². The number of hydrogen-bond donors (Lipinski definition) is 0. The number of pyridine rings is 1. The van der Waals surface area contributed by atoms with Crippen LogP contribution in [0.1, 0.15) is 41.6 Å². The van der Waals surface area contributed by atoms with Crippen molar-refractivity contribution in [3.05, 3.63) is 59.8 Å². The number of anilines is 1. The molecule has 5 nitrogen and oxygen atoms in total. The van der Waals surface area contributed by atoms with Crippen LogP contribution in [-0.4, -0.2) is 60.0 Å². The Morgan fingerprint density at radius 3 is 2.29 bits per heavy atom. The first-order chi connectivity index (χ1) is 13.8.